The van der Waals surface area contributed by atoms with Gasteiger partial charge in [-0.1, -0.05) is 6.42 Å². The van der Waals surface area contributed by atoms with Crippen molar-refractivity contribution >= 4 is 0 Å². The summed E-state index contributed by atoms with van der Waals surface area (Å²) in [5.74, 6) is 2.01. The van der Waals surface area contributed by atoms with E-state index in [2.05, 4.69) is 16.5 Å². The molecule has 1 aromatic heterocycles. The zero-order valence-corrected chi connectivity index (χ0v) is 8.61. The first-order chi connectivity index (χ1) is 6.86. The molecule has 0 amide bonds. The molecule has 3 rings (SSSR count). The maximum absolute atomic E-state index is 4.16. The monoisotopic (exact) mass is 191 g/mol. The molecule has 3 heteroatoms. The van der Waals surface area contributed by atoms with Crippen molar-refractivity contribution < 1.29 is 0 Å². The van der Waals surface area contributed by atoms with Crippen LogP contribution in [0.1, 0.15) is 25.0 Å². The van der Waals surface area contributed by atoms with Crippen LogP contribution in [0.4, 0.5) is 0 Å². The lowest BCUT2D eigenvalue weighted by molar-refractivity contribution is 0.542. The molecular weight excluding hydrogens is 174 g/mol. The Bertz CT molecular complexity index is 321. The van der Waals surface area contributed by atoms with Crippen LogP contribution in [0, 0.1) is 11.8 Å². The van der Waals surface area contributed by atoms with E-state index in [1.807, 2.05) is 17.9 Å². The molecule has 2 atom stereocenters. The predicted octanol–water partition coefficient (Wildman–Crippen LogP) is 1.31. The molecule has 3 nitrogen and oxygen atoms in total. The SMILES string of the molecule is Cn1nccc1CNC1C2CCCC21. The number of rotatable bonds is 3. The van der Waals surface area contributed by atoms with E-state index in [0.717, 1.165) is 24.4 Å². The molecule has 76 valence electrons. The van der Waals surface area contributed by atoms with E-state index < -0.39 is 0 Å². The molecule has 0 saturated heterocycles. The quantitative estimate of drug-likeness (QED) is 0.780. The van der Waals surface area contributed by atoms with Gasteiger partial charge in [0.25, 0.3) is 0 Å². The second-order valence-corrected chi connectivity index (χ2v) is 4.61. The number of aryl methyl sites for hydroxylation is 1. The lowest BCUT2D eigenvalue weighted by atomic mass is 10.2. The fourth-order valence-corrected chi connectivity index (χ4v) is 2.92. The molecular formula is C11H17N3. The highest BCUT2D eigenvalue weighted by molar-refractivity contribution is 5.08. The number of hydrogen-bond acceptors (Lipinski definition) is 2. The van der Waals surface area contributed by atoms with Gasteiger partial charge in [0.15, 0.2) is 0 Å². The van der Waals surface area contributed by atoms with E-state index in [1.165, 1.54) is 25.0 Å². The topological polar surface area (TPSA) is 29.9 Å². The molecule has 0 bridgehead atoms. The molecule has 0 spiro atoms. The van der Waals surface area contributed by atoms with Crippen LogP contribution in [0.15, 0.2) is 12.3 Å². The summed E-state index contributed by atoms with van der Waals surface area (Å²) in [6.45, 7) is 0.980. The standard InChI is InChI=1S/C11H17N3/c1-14-8(5-6-13-14)7-12-11-9-3-2-4-10(9)11/h5-6,9-12H,2-4,7H2,1H3. The van der Waals surface area contributed by atoms with Gasteiger partial charge in [0.05, 0.1) is 5.69 Å². The Balaban J connectivity index is 1.54. The van der Waals surface area contributed by atoms with Crippen LogP contribution in [0.3, 0.4) is 0 Å². The number of hydrogen-bond donors (Lipinski definition) is 1. The fraction of sp³-hybridized carbons (Fsp3) is 0.727. The van der Waals surface area contributed by atoms with Crippen molar-refractivity contribution in [1.82, 2.24) is 15.1 Å². The minimum atomic E-state index is 0.818. The molecule has 1 N–H and O–H groups in total. The molecule has 0 aromatic carbocycles. The van der Waals surface area contributed by atoms with Gasteiger partial charge >= 0.3 is 0 Å². The number of fused-ring (bicyclic) bond motifs is 1. The molecule has 2 saturated carbocycles. The molecule has 0 radical (unpaired) electrons. The molecule has 2 unspecified atom stereocenters. The maximum atomic E-state index is 4.16. The summed E-state index contributed by atoms with van der Waals surface area (Å²) < 4.78 is 1.95. The minimum Gasteiger partial charge on any atom is -0.308 e. The third-order valence-electron chi connectivity index (χ3n) is 3.85. The van der Waals surface area contributed by atoms with Crippen LogP contribution in [0.5, 0.6) is 0 Å². The van der Waals surface area contributed by atoms with Crippen LogP contribution < -0.4 is 5.32 Å². The van der Waals surface area contributed by atoms with Crippen molar-refractivity contribution in [2.24, 2.45) is 18.9 Å². The van der Waals surface area contributed by atoms with Gasteiger partial charge in [-0.2, -0.15) is 5.10 Å². The van der Waals surface area contributed by atoms with Gasteiger partial charge in [0.1, 0.15) is 0 Å². The third kappa shape index (κ3) is 1.27. The van der Waals surface area contributed by atoms with Gasteiger partial charge in [0, 0.05) is 25.8 Å². The Morgan fingerprint density at radius 3 is 2.93 bits per heavy atom. The smallest absolute Gasteiger partial charge is 0.0518 e. The van der Waals surface area contributed by atoms with E-state index in [9.17, 15) is 0 Å². The van der Waals surface area contributed by atoms with Crippen LogP contribution in [0.25, 0.3) is 0 Å². The molecule has 2 aliphatic rings. The summed E-state index contributed by atoms with van der Waals surface area (Å²) in [6, 6.07) is 2.91. The molecule has 14 heavy (non-hydrogen) atoms. The van der Waals surface area contributed by atoms with Gasteiger partial charge in [-0.15, -0.1) is 0 Å². The highest BCUT2D eigenvalue weighted by Crippen LogP contribution is 2.51. The first-order valence-electron chi connectivity index (χ1n) is 5.56. The normalized spacial score (nSPS) is 34.5. The Morgan fingerprint density at radius 2 is 2.29 bits per heavy atom. The largest absolute Gasteiger partial charge is 0.308 e. The van der Waals surface area contributed by atoms with Crippen LogP contribution in [-0.4, -0.2) is 15.8 Å². The van der Waals surface area contributed by atoms with Crippen molar-refractivity contribution in [3.05, 3.63) is 18.0 Å². The van der Waals surface area contributed by atoms with Gasteiger partial charge in [-0.25, -0.2) is 0 Å². The van der Waals surface area contributed by atoms with E-state index >= 15 is 0 Å². The summed E-state index contributed by atoms with van der Waals surface area (Å²) in [7, 11) is 2.00. The Hall–Kier alpha value is -0.830. The summed E-state index contributed by atoms with van der Waals surface area (Å²) in [5.41, 5.74) is 1.29. The van der Waals surface area contributed by atoms with Crippen molar-refractivity contribution in [3.8, 4) is 0 Å². The Morgan fingerprint density at radius 1 is 1.50 bits per heavy atom. The lowest BCUT2D eigenvalue weighted by Gasteiger charge is -2.06. The molecule has 0 aliphatic heterocycles. The van der Waals surface area contributed by atoms with E-state index in [-0.39, 0.29) is 0 Å². The van der Waals surface area contributed by atoms with Gasteiger partial charge in [0.2, 0.25) is 0 Å². The average Bonchev–Trinajstić information content (AvgIpc) is 2.57. The number of nitrogens with one attached hydrogen (secondary N) is 1. The number of aromatic nitrogens is 2. The second kappa shape index (κ2) is 3.09. The van der Waals surface area contributed by atoms with Crippen LogP contribution >= 0.6 is 0 Å². The second-order valence-electron chi connectivity index (χ2n) is 4.61. The van der Waals surface area contributed by atoms with E-state index in [4.69, 9.17) is 0 Å². The summed E-state index contributed by atoms with van der Waals surface area (Å²) in [6.07, 6.45) is 6.23. The fourth-order valence-electron chi connectivity index (χ4n) is 2.92. The van der Waals surface area contributed by atoms with E-state index in [0.29, 0.717) is 0 Å². The van der Waals surface area contributed by atoms with Crippen molar-refractivity contribution in [1.29, 1.82) is 0 Å². The Labute approximate surface area is 84.5 Å². The first kappa shape index (κ1) is 8.48. The average molecular weight is 191 g/mol. The minimum absolute atomic E-state index is 0.818. The van der Waals surface area contributed by atoms with Crippen molar-refractivity contribution in [2.45, 2.75) is 31.8 Å². The molecule has 2 aliphatic carbocycles. The summed E-state index contributed by atoms with van der Waals surface area (Å²) >= 11 is 0. The first-order valence-corrected chi connectivity index (χ1v) is 5.56. The van der Waals surface area contributed by atoms with Gasteiger partial charge in [-0.05, 0) is 30.7 Å². The molecule has 1 heterocycles. The van der Waals surface area contributed by atoms with Crippen LogP contribution in [-0.2, 0) is 13.6 Å². The molecule has 2 fully saturated rings. The lowest BCUT2D eigenvalue weighted by Crippen LogP contribution is -2.21. The van der Waals surface area contributed by atoms with E-state index in [1.54, 1.807) is 0 Å². The van der Waals surface area contributed by atoms with Crippen molar-refractivity contribution in [3.63, 3.8) is 0 Å². The summed E-state index contributed by atoms with van der Waals surface area (Å²) in [4.78, 5) is 0. The maximum Gasteiger partial charge on any atom is 0.0518 e. The van der Waals surface area contributed by atoms with Crippen LogP contribution in [0.2, 0.25) is 0 Å². The predicted molar refractivity (Wildman–Crippen MR) is 54.7 cm³/mol. The Kier molecular flexibility index (Phi) is 1.87. The third-order valence-corrected chi connectivity index (χ3v) is 3.85. The zero-order valence-electron chi connectivity index (χ0n) is 8.61. The summed E-state index contributed by atoms with van der Waals surface area (Å²) in [5, 5.41) is 7.80. The highest BCUT2D eigenvalue weighted by atomic mass is 15.3. The zero-order chi connectivity index (χ0) is 9.54. The number of nitrogens with zero attached hydrogens (tertiary/aromatic N) is 2. The molecule has 1 aromatic rings. The van der Waals surface area contributed by atoms with Gasteiger partial charge < -0.3 is 5.32 Å². The highest BCUT2D eigenvalue weighted by Gasteiger charge is 2.51. The van der Waals surface area contributed by atoms with Gasteiger partial charge in [-0.3, -0.25) is 4.68 Å². The van der Waals surface area contributed by atoms with Crippen molar-refractivity contribution in [2.75, 3.05) is 0 Å².